The number of likely N-dealkylation sites (tertiary alicyclic amines) is 1. The van der Waals surface area contributed by atoms with E-state index in [1.54, 1.807) is 11.3 Å². The molecule has 0 radical (unpaired) electrons. The highest BCUT2D eigenvalue weighted by Crippen LogP contribution is 2.20. The average molecular weight is 253 g/mol. The van der Waals surface area contributed by atoms with Crippen molar-refractivity contribution >= 4 is 17.3 Å². The Morgan fingerprint density at radius 3 is 3.12 bits per heavy atom. The van der Waals surface area contributed by atoms with Crippen molar-refractivity contribution < 1.29 is 9.90 Å². The second-order valence-electron chi connectivity index (χ2n) is 4.67. The SMILES string of the molecule is O=C(O)CC1CCCCN1CCc1ccsc1. The van der Waals surface area contributed by atoms with Gasteiger partial charge in [-0.3, -0.25) is 9.69 Å². The monoisotopic (exact) mass is 253 g/mol. The molecule has 1 saturated heterocycles. The molecule has 1 aliphatic rings. The van der Waals surface area contributed by atoms with Crippen molar-refractivity contribution in [2.24, 2.45) is 0 Å². The molecule has 2 rings (SSSR count). The maximum Gasteiger partial charge on any atom is 0.304 e. The summed E-state index contributed by atoms with van der Waals surface area (Å²) in [5.41, 5.74) is 1.37. The Morgan fingerprint density at radius 1 is 1.53 bits per heavy atom. The summed E-state index contributed by atoms with van der Waals surface area (Å²) in [6.45, 7) is 2.05. The minimum Gasteiger partial charge on any atom is -0.481 e. The van der Waals surface area contributed by atoms with Crippen LogP contribution in [0.2, 0.25) is 0 Å². The second-order valence-corrected chi connectivity index (χ2v) is 5.45. The van der Waals surface area contributed by atoms with E-state index in [1.807, 2.05) is 0 Å². The lowest BCUT2D eigenvalue weighted by atomic mass is 9.99. The van der Waals surface area contributed by atoms with E-state index < -0.39 is 5.97 Å². The van der Waals surface area contributed by atoms with E-state index in [4.69, 9.17) is 5.11 Å². The van der Waals surface area contributed by atoms with E-state index in [2.05, 4.69) is 21.7 Å². The molecule has 17 heavy (non-hydrogen) atoms. The van der Waals surface area contributed by atoms with Gasteiger partial charge in [-0.05, 0) is 48.2 Å². The molecule has 1 fully saturated rings. The largest absolute Gasteiger partial charge is 0.481 e. The zero-order chi connectivity index (χ0) is 12.1. The summed E-state index contributed by atoms with van der Waals surface area (Å²) < 4.78 is 0. The Labute approximate surface area is 106 Å². The van der Waals surface area contributed by atoms with Crippen LogP contribution >= 0.6 is 11.3 Å². The third-order valence-corrected chi connectivity index (χ3v) is 4.16. The predicted octanol–water partition coefficient (Wildman–Crippen LogP) is 2.62. The number of aliphatic carboxylic acids is 1. The smallest absolute Gasteiger partial charge is 0.304 e. The molecule has 3 nitrogen and oxygen atoms in total. The van der Waals surface area contributed by atoms with Gasteiger partial charge in [-0.25, -0.2) is 0 Å². The molecule has 0 aliphatic carbocycles. The van der Waals surface area contributed by atoms with E-state index in [0.29, 0.717) is 6.42 Å². The van der Waals surface area contributed by atoms with Crippen molar-refractivity contribution in [3.8, 4) is 0 Å². The molecule has 4 heteroatoms. The molecular weight excluding hydrogens is 234 g/mol. The van der Waals surface area contributed by atoms with Crippen LogP contribution in [0.25, 0.3) is 0 Å². The standard InChI is InChI=1S/C13H19NO2S/c15-13(16)9-12-3-1-2-6-14(12)7-4-11-5-8-17-10-11/h5,8,10,12H,1-4,6-7,9H2,(H,15,16). The first kappa shape index (κ1) is 12.6. The van der Waals surface area contributed by atoms with Crippen LogP contribution in [0.1, 0.15) is 31.2 Å². The Morgan fingerprint density at radius 2 is 2.41 bits per heavy atom. The Balaban J connectivity index is 1.85. The second kappa shape index (κ2) is 6.17. The van der Waals surface area contributed by atoms with Crippen molar-refractivity contribution in [3.05, 3.63) is 22.4 Å². The molecule has 1 aromatic rings. The van der Waals surface area contributed by atoms with E-state index in [-0.39, 0.29) is 6.04 Å². The number of nitrogens with zero attached hydrogens (tertiary/aromatic N) is 1. The van der Waals surface area contributed by atoms with Crippen molar-refractivity contribution in [1.29, 1.82) is 0 Å². The number of rotatable bonds is 5. The zero-order valence-corrected chi connectivity index (χ0v) is 10.8. The van der Waals surface area contributed by atoms with Gasteiger partial charge in [0.15, 0.2) is 0 Å². The van der Waals surface area contributed by atoms with Crippen LogP contribution < -0.4 is 0 Å². The highest BCUT2D eigenvalue weighted by atomic mass is 32.1. The summed E-state index contributed by atoms with van der Waals surface area (Å²) in [6, 6.07) is 2.40. The first-order valence-corrected chi connectivity index (χ1v) is 7.17. The predicted molar refractivity (Wildman–Crippen MR) is 69.5 cm³/mol. The minimum atomic E-state index is -0.669. The zero-order valence-electron chi connectivity index (χ0n) is 9.97. The van der Waals surface area contributed by atoms with Gasteiger partial charge in [0, 0.05) is 12.6 Å². The van der Waals surface area contributed by atoms with Crippen LogP contribution in [-0.2, 0) is 11.2 Å². The Bertz CT molecular complexity index is 350. The van der Waals surface area contributed by atoms with Crippen LogP contribution in [0.3, 0.4) is 0 Å². The third kappa shape index (κ3) is 3.82. The van der Waals surface area contributed by atoms with E-state index in [9.17, 15) is 4.79 Å². The molecule has 0 amide bonds. The lowest BCUT2D eigenvalue weighted by molar-refractivity contribution is -0.138. The molecule has 1 aromatic heterocycles. The topological polar surface area (TPSA) is 40.5 Å². The van der Waals surface area contributed by atoms with E-state index in [0.717, 1.165) is 25.9 Å². The first-order chi connectivity index (χ1) is 8.25. The minimum absolute atomic E-state index is 0.250. The Kier molecular flexibility index (Phi) is 4.57. The van der Waals surface area contributed by atoms with Crippen LogP contribution in [0.4, 0.5) is 0 Å². The molecule has 1 unspecified atom stereocenters. The van der Waals surface area contributed by atoms with Crippen molar-refractivity contribution in [1.82, 2.24) is 4.90 Å². The number of hydrogen-bond acceptors (Lipinski definition) is 3. The van der Waals surface area contributed by atoms with Gasteiger partial charge in [-0.2, -0.15) is 11.3 Å². The quantitative estimate of drug-likeness (QED) is 0.877. The van der Waals surface area contributed by atoms with Gasteiger partial charge in [0.25, 0.3) is 0 Å². The van der Waals surface area contributed by atoms with Gasteiger partial charge in [-0.15, -0.1) is 0 Å². The number of carboxylic acids is 1. The number of thiophene rings is 1. The normalized spacial score (nSPS) is 21.5. The van der Waals surface area contributed by atoms with Gasteiger partial charge in [-0.1, -0.05) is 6.42 Å². The molecule has 0 aromatic carbocycles. The molecule has 2 heterocycles. The maximum absolute atomic E-state index is 10.8. The highest BCUT2D eigenvalue weighted by Gasteiger charge is 2.23. The lowest BCUT2D eigenvalue weighted by Crippen LogP contribution is -2.41. The van der Waals surface area contributed by atoms with Gasteiger partial charge < -0.3 is 5.11 Å². The van der Waals surface area contributed by atoms with Crippen LogP contribution in [0.5, 0.6) is 0 Å². The van der Waals surface area contributed by atoms with Crippen molar-refractivity contribution in [2.45, 2.75) is 38.1 Å². The molecular formula is C13H19NO2S. The maximum atomic E-state index is 10.8. The fraction of sp³-hybridized carbons (Fsp3) is 0.615. The summed E-state index contributed by atoms with van der Waals surface area (Å²) >= 11 is 1.73. The number of carbonyl (C=O) groups is 1. The van der Waals surface area contributed by atoms with Crippen LogP contribution in [0.15, 0.2) is 16.8 Å². The van der Waals surface area contributed by atoms with Crippen LogP contribution in [-0.4, -0.2) is 35.1 Å². The first-order valence-electron chi connectivity index (χ1n) is 6.22. The van der Waals surface area contributed by atoms with Crippen molar-refractivity contribution in [3.63, 3.8) is 0 Å². The molecule has 0 spiro atoms. The third-order valence-electron chi connectivity index (χ3n) is 3.43. The molecule has 1 atom stereocenters. The summed E-state index contributed by atoms with van der Waals surface area (Å²) in [7, 11) is 0. The summed E-state index contributed by atoms with van der Waals surface area (Å²) in [6.07, 6.45) is 4.76. The fourth-order valence-corrected chi connectivity index (χ4v) is 3.20. The number of carboxylic acid groups (broad SMARTS) is 1. The molecule has 0 bridgehead atoms. The molecule has 94 valence electrons. The molecule has 1 aliphatic heterocycles. The van der Waals surface area contributed by atoms with Crippen LogP contribution in [0, 0.1) is 0 Å². The summed E-state index contributed by atoms with van der Waals surface area (Å²) in [5, 5.41) is 13.2. The molecule has 0 saturated carbocycles. The summed E-state index contributed by atoms with van der Waals surface area (Å²) in [4.78, 5) is 13.2. The van der Waals surface area contributed by atoms with Gasteiger partial charge in [0.2, 0.25) is 0 Å². The van der Waals surface area contributed by atoms with Gasteiger partial charge >= 0.3 is 5.97 Å². The Hall–Kier alpha value is -0.870. The lowest BCUT2D eigenvalue weighted by Gasteiger charge is -2.34. The summed E-state index contributed by atoms with van der Waals surface area (Å²) in [5.74, 6) is -0.669. The van der Waals surface area contributed by atoms with E-state index >= 15 is 0 Å². The number of hydrogen-bond donors (Lipinski definition) is 1. The van der Waals surface area contributed by atoms with Gasteiger partial charge in [0.05, 0.1) is 6.42 Å². The van der Waals surface area contributed by atoms with E-state index in [1.165, 1.54) is 18.4 Å². The molecule has 1 N–H and O–H groups in total. The highest BCUT2D eigenvalue weighted by molar-refractivity contribution is 7.07. The van der Waals surface area contributed by atoms with Gasteiger partial charge in [0.1, 0.15) is 0 Å². The number of piperidine rings is 1. The van der Waals surface area contributed by atoms with Crippen molar-refractivity contribution in [2.75, 3.05) is 13.1 Å². The average Bonchev–Trinajstić information content (AvgIpc) is 2.80. The fourth-order valence-electron chi connectivity index (χ4n) is 2.49.